The van der Waals surface area contributed by atoms with E-state index in [2.05, 4.69) is 10.6 Å². The number of urea groups is 1. The third kappa shape index (κ3) is 3.46. The Bertz CT molecular complexity index is 721. The SMILES string of the molecule is O=C(Nc1ccccc1Oc1ccccc1)N1[C@H]2CCNC[C@@H]1CC2. The summed E-state index contributed by atoms with van der Waals surface area (Å²) in [4.78, 5) is 14.9. The van der Waals surface area contributed by atoms with Crippen LogP contribution in [0.15, 0.2) is 54.6 Å². The standard InChI is InChI=1S/C20H23N3O2/c24-20(23-15-10-11-16(23)14-21-13-12-15)22-18-8-4-5-9-19(18)25-17-6-2-1-3-7-17/h1-9,15-16,21H,10-14H2,(H,22,24)/t15-,16+/m1/s1. The lowest BCUT2D eigenvalue weighted by Crippen LogP contribution is -2.44. The molecule has 2 aliphatic heterocycles. The minimum absolute atomic E-state index is 0.0275. The van der Waals surface area contributed by atoms with Crippen LogP contribution < -0.4 is 15.4 Å². The van der Waals surface area contributed by atoms with Gasteiger partial charge in [0.2, 0.25) is 0 Å². The molecule has 2 amide bonds. The van der Waals surface area contributed by atoms with Gasteiger partial charge < -0.3 is 20.3 Å². The summed E-state index contributed by atoms with van der Waals surface area (Å²) in [6.45, 7) is 1.87. The van der Waals surface area contributed by atoms with Crippen molar-refractivity contribution >= 4 is 11.7 Å². The van der Waals surface area contributed by atoms with E-state index in [1.807, 2.05) is 59.5 Å². The quantitative estimate of drug-likeness (QED) is 0.895. The van der Waals surface area contributed by atoms with Crippen molar-refractivity contribution in [2.45, 2.75) is 31.3 Å². The number of para-hydroxylation sites is 3. The number of benzene rings is 2. The highest BCUT2D eigenvalue weighted by Crippen LogP contribution is 2.32. The Balaban J connectivity index is 1.52. The molecule has 0 unspecified atom stereocenters. The zero-order valence-corrected chi connectivity index (χ0v) is 14.2. The average molecular weight is 337 g/mol. The second-order valence-corrected chi connectivity index (χ2v) is 6.63. The Labute approximate surface area is 148 Å². The maximum absolute atomic E-state index is 12.9. The number of nitrogens with zero attached hydrogens (tertiary/aromatic N) is 1. The number of carbonyl (C=O) groups excluding carboxylic acids is 1. The summed E-state index contributed by atoms with van der Waals surface area (Å²) >= 11 is 0. The minimum Gasteiger partial charge on any atom is -0.455 e. The number of fused-ring (bicyclic) bond motifs is 2. The molecule has 2 atom stereocenters. The van der Waals surface area contributed by atoms with Gasteiger partial charge in [-0.05, 0) is 50.1 Å². The van der Waals surface area contributed by atoms with Crippen molar-refractivity contribution in [3.05, 3.63) is 54.6 Å². The van der Waals surface area contributed by atoms with Crippen LogP contribution in [0.25, 0.3) is 0 Å². The lowest BCUT2D eigenvalue weighted by atomic mass is 10.1. The molecule has 0 aliphatic carbocycles. The molecule has 0 radical (unpaired) electrons. The van der Waals surface area contributed by atoms with Crippen molar-refractivity contribution in [2.24, 2.45) is 0 Å². The highest BCUT2D eigenvalue weighted by Gasteiger charge is 2.38. The minimum atomic E-state index is -0.0275. The molecule has 5 nitrogen and oxygen atoms in total. The lowest BCUT2D eigenvalue weighted by molar-refractivity contribution is 0.190. The number of ether oxygens (including phenoxy) is 1. The fraction of sp³-hybridized carbons (Fsp3) is 0.350. The average Bonchev–Trinajstić information content (AvgIpc) is 2.90. The van der Waals surface area contributed by atoms with Gasteiger partial charge in [-0.3, -0.25) is 0 Å². The Morgan fingerprint density at radius 1 is 1.00 bits per heavy atom. The summed E-state index contributed by atoms with van der Waals surface area (Å²) in [5, 5.41) is 6.49. The van der Waals surface area contributed by atoms with Gasteiger partial charge in [0.1, 0.15) is 5.75 Å². The van der Waals surface area contributed by atoms with Gasteiger partial charge in [0, 0.05) is 18.6 Å². The number of hydrogen-bond donors (Lipinski definition) is 2. The van der Waals surface area contributed by atoms with Crippen LogP contribution in [0, 0.1) is 0 Å². The fourth-order valence-electron chi connectivity index (χ4n) is 3.77. The number of anilines is 1. The topological polar surface area (TPSA) is 53.6 Å². The van der Waals surface area contributed by atoms with E-state index in [1.54, 1.807) is 0 Å². The largest absolute Gasteiger partial charge is 0.455 e. The Morgan fingerprint density at radius 3 is 2.64 bits per heavy atom. The van der Waals surface area contributed by atoms with Crippen molar-refractivity contribution in [1.82, 2.24) is 10.2 Å². The predicted octanol–water partition coefficient (Wildman–Crippen LogP) is 3.84. The molecule has 2 N–H and O–H groups in total. The normalized spacial score (nSPS) is 22.3. The first-order valence-electron chi connectivity index (χ1n) is 8.93. The zero-order valence-electron chi connectivity index (χ0n) is 14.2. The molecule has 2 fully saturated rings. The summed E-state index contributed by atoms with van der Waals surface area (Å²) in [7, 11) is 0. The number of carbonyl (C=O) groups is 1. The number of amides is 2. The molecule has 4 rings (SSSR count). The van der Waals surface area contributed by atoms with Gasteiger partial charge in [0.05, 0.1) is 5.69 Å². The van der Waals surface area contributed by atoms with Crippen molar-refractivity contribution in [1.29, 1.82) is 0 Å². The molecule has 2 aromatic rings. The van der Waals surface area contributed by atoms with Gasteiger partial charge in [0.15, 0.2) is 5.75 Å². The molecule has 2 aromatic carbocycles. The van der Waals surface area contributed by atoms with E-state index >= 15 is 0 Å². The number of hydrogen-bond acceptors (Lipinski definition) is 3. The first kappa shape index (κ1) is 16.0. The Hall–Kier alpha value is -2.53. The van der Waals surface area contributed by atoms with E-state index in [9.17, 15) is 4.79 Å². The van der Waals surface area contributed by atoms with Gasteiger partial charge in [-0.1, -0.05) is 30.3 Å². The van der Waals surface area contributed by atoms with Crippen LogP contribution in [0.5, 0.6) is 11.5 Å². The van der Waals surface area contributed by atoms with Gasteiger partial charge in [0.25, 0.3) is 0 Å². The number of rotatable bonds is 3. The highest BCUT2D eigenvalue weighted by molar-refractivity contribution is 5.91. The summed E-state index contributed by atoms with van der Waals surface area (Å²) in [6.07, 6.45) is 3.20. The molecular formula is C20H23N3O2. The van der Waals surface area contributed by atoms with E-state index in [0.29, 0.717) is 17.5 Å². The lowest BCUT2D eigenvalue weighted by Gasteiger charge is -2.28. The van der Waals surface area contributed by atoms with Gasteiger partial charge in [-0.15, -0.1) is 0 Å². The van der Waals surface area contributed by atoms with Crippen LogP contribution in [-0.4, -0.2) is 36.1 Å². The molecular weight excluding hydrogens is 314 g/mol. The second-order valence-electron chi connectivity index (χ2n) is 6.63. The summed E-state index contributed by atoms with van der Waals surface area (Å²) < 4.78 is 5.95. The molecule has 0 saturated carbocycles. The highest BCUT2D eigenvalue weighted by atomic mass is 16.5. The maximum atomic E-state index is 12.9. The Kier molecular flexibility index (Phi) is 4.57. The van der Waals surface area contributed by atoms with Gasteiger partial charge in [-0.2, -0.15) is 0 Å². The molecule has 2 saturated heterocycles. The summed E-state index contributed by atoms with van der Waals surface area (Å²) in [5.41, 5.74) is 0.702. The molecule has 25 heavy (non-hydrogen) atoms. The van der Waals surface area contributed by atoms with Crippen LogP contribution in [0.3, 0.4) is 0 Å². The van der Waals surface area contributed by atoms with Crippen LogP contribution >= 0.6 is 0 Å². The molecule has 2 aliphatic rings. The van der Waals surface area contributed by atoms with Crippen LogP contribution in [0.1, 0.15) is 19.3 Å². The molecule has 5 heteroatoms. The third-order valence-corrected chi connectivity index (χ3v) is 4.99. The van der Waals surface area contributed by atoms with E-state index in [1.165, 1.54) is 0 Å². The summed E-state index contributed by atoms with van der Waals surface area (Å²) in [5.74, 6) is 1.41. The maximum Gasteiger partial charge on any atom is 0.322 e. The molecule has 2 heterocycles. The van der Waals surface area contributed by atoms with Crippen LogP contribution in [0.2, 0.25) is 0 Å². The van der Waals surface area contributed by atoms with Crippen molar-refractivity contribution in [3.8, 4) is 11.5 Å². The van der Waals surface area contributed by atoms with Gasteiger partial charge >= 0.3 is 6.03 Å². The first-order chi connectivity index (χ1) is 12.3. The molecule has 0 aromatic heterocycles. The fourth-order valence-corrected chi connectivity index (χ4v) is 3.77. The second kappa shape index (κ2) is 7.15. The zero-order chi connectivity index (χ0) is 17.1. The monoisotopic (exact) mass is 337 g/mol. The molecule has 130 valence electrons. The smallest absolute Gasteiger partial charge is 0.322 e. The van der Waals surface area contributed by atoms with Crippen molar-refractivity contribution < 1.29 is 9.53 Å². The van der Waals surface area contributed by atoms with Crippen LogP contribution in [-0.2, 0) is 0 Å². The van der Waals surface area contributed by atoms with Crippen molar-refractivity contribution in [2.75, 3.05) is 18.4 Å². The van der Waals surface area contributed by atoms with E-state index in [4.69, 9.17) is 4.74 Å². The first-order valence-corrected chi connectivity index (χ1v) is 8.93. The van der Waals surface area contributed by atoms with Crippen molar-refractivity contribution in [3.63, 3.8) is 0 Å². The third-order valence-electron chi connectivity index (χ3n) is 4.99. The summed E-state index contributed by atoms with van der Waals surface area (Å²) in [6, 6.07) is 17.8. The van der Waals surface area contributed by atoms with E-state index in [0.717, 1.165) is 38.1 Å². The van der Waals surface area contributed by atoms with E-state index in [-0.39, 0.29) is 12.1 Å². The van der Waals surface area contributed by atoms with E-state index < -0.39 is 0 Å². The molecule has 0 spiro atoms. The Morgan fingerprint density at radius 2 is 1.76 bits per heavy atom. The van der Waals surface area contributed by atoms with Gasteiger partial charge in [-0.25, -0.2) is 4.79 Å². The van der Waals surface area contributed by atoms with Crippen LogP contribution in [0.4, 0.5) is 10.5 Å². The number of nitrogens with one attached hydrogen (secondary N) is 2. The predicted molar refractivity (Wildman–Crippen MR) is 98.1 cm³/mol. The molecule has 2 bridgehead atoms.